The third-order valence-electron chi connectivity index (χ3n) is 6.54. The highest BCUT2D eigenvalue weighted by Gasteiger charge is 2.29. The van der Waals surface area contributed by atoms with Crippen molar-refractivity contribution in [3.63, 3.8) is 0 Å². The number of halogens is 2. The fourth-order valence-corrected chi connectivity index (χ4v) is 5.02. The highest BCUT2D eigenvalue weighted by molar-refractivity contribution is 6.31. The number of carbonyl (C=O) groups excluding carboxylic acids is 2. The van der Waals surface area contributed by atoms with Gasteiger partial charge < -0.3 is 10.2 Å². The van der Waals surface area contributed by atoms with Crippen LogP contribution in [-0.2, 0) is 17.8 Å². The number of benzene rings is 2. The first-order chi connectivity index (χ1) is 17.2. The van der Waals surface area contributed by atoms with E-state index >= 15 is 0 Å². The lowest BCUT2D eigenvalue weighted by molar-refractivity contribution is -0.131. The second-order valence-electron chi connectivity index (χ2n) is 9.43. The van der Waals surface area contributed by atoms with Gasteiger partial charge in [-0.25, -0.2) is 14.4 Å². The van der Waals surface area contributed by atoms with Gasteiger partial charge in [0.25, 0.3) is 5.91 Å². The number of aryl methyl sites for hydroxylation is 3. The minimum absolute atomic E-state index is 0.0229. The molecule has 36 heavy (non-hydrogen) atoms. The van der Waals surface area contributed by atoms with Gasteiger partial charge in [-0.3, -0.25) is 9.59 Å². The van der Waals surface area contributed by atoms with Crippen LogP contribution in [0.1, 0.15) is 62.9 Å². The van der Waals surface area contributed by atoms with E-state index in [4.69, 9.17) is 11.6 Å². The molecule has 2 amide bonds. The summed E-state index contributed by atoms with van der Waals surface area (Å²) in [6.07, 6.45) is 2.83. The maximum absolute atomic E-state index is 14.1. The predicted molar refractivity (Wildman–Crippen MR) is 138 cm³/mol. The molecule has 8 heteroatoms. The summed E-state index contributed by atoms with van der Waals surface area (Å²) in [6.45, 7) is 7.29. The topological polar surface area (TPSA) is 75.2 Å². The molecular formula is C28H30ClFN4O2. The van der Waals surface area contributed by atoms with Crippen molar-refractivity contribution in [2.24, 2.45) is 0 Å². The molecule has 0 saturated carbocycles. The SMILES string of the molecule is Cc1cc(C)cc(CNC(=O)c2cnc(C)nc2C2CCN(C(=O)Cc3c(F)cccc3Cl)CC2)c1. The molecule has 2 heterocycles. The van der Waals surface area contributed by atoms with Crippen LogP contribution in [0.5, 0.6) is 0 Å². The monoisotopic (exact) mass is 508 g/mol. The fourth-order valence-electron chi connectivity index (χ4n) is 4.79. The maximum Gasteiger partial charge on any atom is 0.254 e. The number of likely N-dealkylation sites (tertiary alicyclic amines) is 1. The number of nitrogens with zero attached hydrogens (tertiary/aromatic N) is 3. The second-order valence-corrected chi connectivity index (χ2v) is 9.83. The molecule has 1 N–H and O–H groups in total. The van der Waals surface area contributed by atoms with Gasteiger partial charge in [0.1, 0.15) is 11.6 Å². The first-order valence-corrected chi connectivity index (χ1v) is 12.5. The van der Waals surface area contributed by atoms with Gasteiger partial charge in [-0.2, -0.15) is 0 Å². The van der Waals surface area contributed by atoms with Gasteiger partial charge in [0.05, 0.1) is 17.7 Å². The lowest BCUT2D eigenvalue weighted by atomic mass is 9.90. The molecule has 1 aromatic heterocycles. The zero-order chi connectivity index (χ0) is 25.8. The van der Waals surface area contributed by atoms with E-state index in [1.54, 1.807) is 24.1 Å². The maximum atomic E-state index is 14.1. The van der Waals surface area contributed by atoms with Crippen LogP contribution < -0.4 is 5.32 Å². The van der Waals surface area contributed by atoms with Gasteiger partial charge in [0.15, 0.2) is 0 Å². The Hall–Kier alpha value is -3.32. The average Bonchev–Trinajstić information content (AvgIpc) is 2.84. The molecule has 0 aliphatic carbocycles. The van der Waals surface area contributed by atoms with Gasteiger partial charge in [0.2, 0.25) is 5.91 Å². The van der Waals surface area contributed by atoms with Crippen molar-refractivity contribution in [3.05, 3.63) is 92.8 Å². The van der Waals surface area contributed by atoms with Crippen molar-refractivity contribution in [1.29, 1.82) is 0 Å². The standard InChI is InChI=1S/C28H30ClFN4O2/c1-17-11-18(2)13-20(12-17)15-32-28(36)23-16-31-19(3)33-27(23)21-7-9-34(10-8-21)26(35)14-22-24(29)5-4-6-25(22)30/h4-6,11-13,16,21H,7-10,14-15H2,1-3H3,(H,32,36). The number of amides is 2. The molecule has 1 aliphatic heterocycles. The third-order valence-corrected chi connectivity index (χ3v) is 6.90. The molecule has 4 rings (SSSR count). The molecule has 0 bridgehead atoms. The molecule has 1 saturated heterocycles. The van der Waals surface area contributed by atoms with Crippen LogP contribution in [0, 0.1) is 26.6 Å². The fraction of sp³-hybridized carbons (Fsp3) is 0.357. The van der Waals surface area contributed by atoms with Crippen molar-refractivity contribution in [2.45, 2.75) is 52.5 Å². The van der Waals surface area contributed by atoms with Crippen molar-refractivity contribution in [1.82, 2.24) is 20.2 Å². The number of hydrogen-bond acceptors (Lipinski definition) is 4. The van der Waals surface area contributed by atoms with Crippen LogP contribution in [0.25, 0.3) is 0 Å². The molecule has 3 aromatic rings. The van der Waals surface area contributed by atoms with E-state index in [2.05, 4.69) is 33.5 Å². The molecule has 6 nitrogen and oxygen atoms in total. The predicted octanol–water partition coefficient (Wildman–Crippen LogP) is 5.07. The van der Waals surface area contributed by atoms with E-state index in [0.717, 1.165) is 16.7 Å². The quantitative estimate of drug-likeness (QED) is 0.504. The molecule has 2 aromatic carbocycles. The summed E-state index contributed by atoms with van der Waals surface area (Å²) in [5.74, 6) is -0.223. The molecule has 1 aliphatic rings. The van der Waals surface area contributed by atoms with Gasteiger partial charge in [0, 0.05) is 42.3 Å². The smallest absolute Gasteiger partial charge is 0.254 e. The Morgan fingerprint density at radius 1 is 1.11 bits per heavy atom. The molecule has 0 atom stereocenters. The van der Waals surface area contributed by atoms with Crippen LogP contribution in [0.15, 0.2) is 42.6 Å². The van der Waals surface area contributed by atoms with Crippen LogP contribution in [0.2, 0.25) is 5.02 Å². The molecule has 0 radical (unpaired) electrons. The molecule has 1 fully saturated rings. The minimum atomic E-state index is -0.473. The minimum Gasteiger partial charge on any atom is -0.348 e. The summed E-state index contributed by atoms with van der Waals surface area (Å²) in [5, 5.41) is 3.26. The van der Waals surface area contributed by atoms with Crippen molar-refractivity contribution in [3.8, 4) is 0 Å². The Balaban J connectivity index is 1.42. The van der Waals surface area contributed by atoms with E-state index in [1.807, 2.05) is 13.8 Å². The van der Waals surface area contributed by atoms with E-state index < -0.39 is 5.82 Å². The Morgan fingerprint density at radius 2 is 1.81 bits per heavy atom. The zero-order valence-corrected chi connectivity index (χ0v) is 21.5. The van der Waals surface area contributed by atoms with Gasteiger partial charge >= 0.3 is 0 Å². The average molecular weight is 509 g/mol. The lowest BCUT2D eigenvalue weighted by Crippen LogP contribution is -2.39. The molecule has 0 unspecified atom stereocenters. The zero-order valence-electron chi connectivity index (χ0n) is 20.8. The van der Waals surface area contributed by atoms with Gasteiger partial charge in [-0.1, -0.05) is 47.0 Å². The first kappa shape index (κ1) is 25.8. The number of nitrogens with one attached hydrogen (secondary N) is 1. The highest BCUT2D eigenvalue weighted by atomic mass is 35.5. The van der Waals surface area contributed by atoms with Crippen molar-refractivity contribution < 1.29 is 14.0 Å². The van der Waals surface area contributed by atoms with Crippen LogP contribution in [0.4, 0.5) is 4.39 Å². The summed E-state index contributed by atoms with van der Waals surface area (Å²) in [6, 6.07) is 10.6. The first-order valence-electron chi connectivity index (χ1n) is 12.1. The summed E-state index contributed by atoms with van der Waals surface area (Å²) < 4.78 is 14.1. The van der Waals surface area contributed by atoms with Crippen LogP contribution >= 0.6 is 11.6 Å². The third kappa shape index (κ3) is 6.08. The van der Waals surface area contributed by atoms with E-state index in [9.17, 15) is 14.0 Å². The largest absolute Gasteiger partial charge is 0.348 e. The van der Waals surface area contributed by atoms with Crippen LogP contribution in [-0.4, -0.2) is 39.8 Å². The molecule has 0 spiro atoms. The van der Waals surface area contributed by atoms with E-state index in [1.165, 1.54) is 12.1 Å². The summed E-state index contributed by atoms with van der Waals surface area (Å²) >= 11 is 6.09. The van der Waals surface area contributed by atoms with Crippen molar-refractivity contribution in [2.75, 3.05) is 13.1 Å². The lowest BCUT2D eigenvalue weighted by Gasteiger charge is -2.32. The Labute approximate surface area is 215 Å². The number of piperidine rings is 1. The van der Waals surface area contributed by atoms with Crippen LogP contribution in [0.3, 0.4) is 0 Å². The van der Waals surface area contributed by atoms with Crippen molar-refractivity contribution >= 4 is 23.4 Å². The Bertz CT molecular complexity index is 1250. The molecular weight excluding hydrogens is 479 g/mol. The van der Waals surface area contributed by atoms with Gasteiger partial charge in [-0.15, -0.1) is 0 Å². The number of carbonyl (C=O) groups is 2. The second kappa shape index (κ2) is 11.2. The summed E-state index contributed by atoms with van der Waals surface area (Å²) in [7, 11) is 0. The summed E-state index contributed by atoms with van der Waals surface area (Å²) in [4.78, 5) is 36.5. The Kier molecular flexibility index (Phi) is 7.99. The number of rotatable bonds is 6. The highest BCUT2D eigenvalue weighted by Crippen LogP contribution is 2.30. The van der Waals surface area contributed by atoms with E-state index in [0.29, 0.717) is 49.6 Å². The normalized spacial score (nSPS) is 14.1. The van der Waals surface area contributed by atoms with E-state index in [-0.39, 0.29) is 34.7 Å². The number of hydrogen-bond donors (Lipinski definition) is 1. The Morgan fingerprint density at radius 3 is 2.47 bits per heavy atom. The molecule has 188 valence electrons. The van der Waals surface area contributed by atoms with Gasteiger partial charge in [-0.05, 0) is 51.3 Å². The number of aromatic nitrogens is 2. The summed E-state index contributed by atoms with van der Waals surface area (Å²) in [5.41, 5.74) is 4.74.